The number of carbonyl (C=O) groups is 1. The summed E-state index contributed by atoms with van der Waals surface area (Å²) in [5, 5.41) is 4.01. The van der Waals surface area contributed by atoms with Crippen molar-refractivity contribution >= 4 is 33.8 Å². The van der Waals surface area contributed by atoms with E-state index in [1.54, 1.807) is 0 Å². The number of aryl methyl sites for hydroxylation is 2. The van der Waals surface area contributed by atoms with E-state index in [0.29, 0.717) is 28.2 Å². The topological polar surface area (TPSA) is 68.0 Å². The van der Waals surface area contributed by atoms with E-state index in [0.717, 1.165) is 17.7 Å². The minimum atomic E-state index is 0.0681. The maximum Gasteiger partial charge on any atom is 0.189 e. The van der Waals surface area contributed by atoms with Crippen LogP contribution in [0.5, 0.6) is 0 Å². The number of ketones is 1. The Bertz CT molecular complexity index is 677. The van der Waals surface area contributed by atoms with E-state index in [-0.39, 0.29) is 5.78 Å². The number of hydrogen-bond donors (Lipinski definition) is 2. The summed E-state index contributed by atoms with van der Waals surface area (Å²) >= 11 is 1.34. The minimum Gasteiger partial charge on any atom is -0.382 e. The quantitative estimate of drug-likeness (QED) is 0.766. The average Bonchev–Trinajstić information content (AvgIpc) is 2.81. The number of hydrogen-bond acceptors (Lipinski definition) is 5. The predicted molar refractivity (Wildman–Crippen MR) is 94.2 cm³/mol. The van der Waals surface area contributed by atoms with Crippen molar-refractivity contribution in [3.8, 4) is 0 Å². The summed E-state index contributed by atoms with van der Waals surface area (Å²) in [6.07, 6.45) is 1.43. The van der Waals surface area contributed by atoms with E-state index >= 15 is 0 Å². The Kier molecular flexibility index (Phi) is 5.19. The van der Waals surface area contributed by atoms with Crippen LogP contribution < -0.4 is 11.1 Å². The van der Waals surface area contributed by atoms with Gasteiger partial charge in [-0.15, -0.1) is 0 Å². The van der Waals surface area contributed by atoms with Gasteiger partial charge in [-0.3, -0.25) is 4.79 Å². The van der Waals surface area contributed by atoms with Crippen molar-refractivity contribution < 1.29 is 4.79 Å². The SMILES string of the molecule is CCc1cccc(C)c1Nc1nc(N)c(C(=O)CC(C)C)s1. The Morgan fingerprint density at radius 3 is 2.77 bits per heavy atom. The van der Waals surface area contributed by atoms with Crippen LogP contribution in [0.1, 0.15) is 48.0 Å². The summed E-state index contributed by atoms with van der Waals surface area (Å²) in [7, 11) is 0. The molecule has 0 saturated heterocycles. The molecule has 2 aromatic rings. The smallest absolute Gasteiger partial charge is 0.189 e. The minimum absolute atomic E-state index is 0.0681. The van der Waals surface area contributed by atoms with Gasteiger partial charge >= 0.3 is 0 Å². The predicted octanol–water partition coefficient (Wildman–Crippen LogP) is 4.57. The number of carbonyl (C=O) groups excluding carboxylic acids is 1. The van der Waals surface area contributed by atoms with Gasteiger partial charge < -0.3 is 11.1 Å². The van der Waals surface area contributed by atoms with E-state index in [4.69, 9.17) is 5.73 Å². The maximum absolute atomic E-state index is 12.2. The van der Waals surface area contributed by atoms with Gasteiger partial charge in [0.1, 0.15) is 10.7 Å². The lowest BCUT2D eigenvalue weighted by atomic mass is 10.1. The van der Waals surface area contributed by atoms with Crippen LogP contribution in [0.25, 0.3) is 0 Å². The molecular weight excluding hydrogens is 294 g/mol. The molecule has 0 saturated carbocycles. The number of nitrogen functional groups attached to an aromatic ring is 1. The van der Waals surface area contributed by atoms with Gasteiger partial charge in [-0.2, -0.15) is 0 Å². The van der Waals surface area contributed by atoms with Crippen molar-refractivity contribution in [1.29, 1.82) is 0 Å². The van der Waals surface area contributed by atoms with Gasteiger partial charge in [-0.05, 0) is 30.4 Å². The molecule has 3 N–H and O–H groups in total. The second kappa shape index (κ2) is 6.92. The third kappa shape index (κ3) is 3.65. The number of benzene rings is 1. The Balaban J connectivity index is 2.27. The Morgan fingerprint density at radius 1 is 1.41 bits per heavy atom. The first-order chi connectivity index (χ1) is 10.4. The maximum atomic E-state index is 12.2. The third-order valence-corrected chi connectivity index (χ3v) is 4.50. The number of Topliss-reactive ketones (excluding diaryl/α,β-unsaturated/α-hetero) is 1. The van der Waals surface area contributed by atoms with Gasteiger partial charge in [0.05, 0.1) is 0 Å². The summed E-state index contributed by atoms with van der Waals surface area (Å²) in [6, 6.07) is 6.20. The lowest BCUT2D eigenvalue weighted by molar-refractivity contribution is 0.0972. The standard InChI is InChI=1S/C17H23N3OS/c1-5-12-8-6-7-11(4)14(12)19-17-20-16(18)15(22-17)13(21)9-10(2)3/h6-8,10H,5,9,18H2,1-4H3,(H,19,20). The number of aromatic nitrogens is 1. The summed E-state index contributed by atoms with van der Waals surface area (Å²) in [6.45, 7) is 8.22. The number of rotatable bonds is 6. The van der Waals surface area contributed by atoms with Crippen LogP contribution in [-0.4, -0.2) is 10.8 Å². The molecule has 0 aliphatic heterocycles. The monoisotopic (exact) mass is 317 g/mol. The van der Waals surface area contributed by atoms with Gasteiger partial charge in [0.2, 0.25) is 0 Å². The third-order valence-electron chi connectivity index (χ3n) is 3.47. The van der Waals surface area contributed by atoms with Crippen LogP contribution in [-0.2, 0) is 6.42 Å². The zero-order chi connectivity index (χ0) is 16.3. The van der Waals surface area contributed by atoms with Crippen LogP contribution in [0.3, 0.4) is 0 Å². The molecule has 0 fully saturated rings. The summed E-state index contributed by atoms with van der Waals surface area (Å²) < 4.78 is 0. The first-order valence-corrected chi connectivity index (χ1v) is 8.39. The van der Waals surface area contributed by atoms with Gasteiger partial charge in [0.15, 0.2) is 10.9 Å². The van der Waals surface area contributed by atoms with Gasteiger partial charge in [-0.1, -0.05) is 50.3 Å². The molecule has 0 radical (unpaired) electrons. The Morgan fingerprint density at radius 2 is 2.14 bits per heavy atom. The van der Waals surface area contributed by atoms with E-state index < -0.39 is 0 Å². The molecular formula is C17H23N3OS. The highest BCUT2D eigenvalue weighted by atomic mass is 32.1. The van der Waals surface area contributed by atoms with Crippen LogP contribution >= 0.6 is 11.3 Å². The van der Waals surface area contributed by atoms with Crippen molar-refractivity contribution in [3.05, 3.63) is 34.2 Å². The van der Waals surface area contributed by atoms with Crippen molar-refractivity contribution in [2.45, 2.75) is 40.5 Å². The molecule has 5 heteroatoms. The van der Waals surface area contributed by atoms with E-state index in [1.807, 2.05) is 19.9 Å². The molecule has 0 bridgehead atoms. The van der Waals surface area contributed by atoms with Crippen molar-refractivity contribution in [1.82, 2.24) is 4.98 Å². The highest BCUT2D eigenvalue weighted by molar-refractivity contribution is 7.18. The molecule has 4 nitrogen and oxygen atoms in total. The van der Waals surface area contributed by atoms with Crippen LogP contribution in [0, 0.1) is 12.8 Å². The molecule has 0 amide bonds. The highest BCUT2D eigenvalue weighted by Gasteiger charge is 2.18. The van der Waals surface area contributed by atoms with Gasteiger partial charge in [0.25, 0.3) is 0 Å². The van der Waals surface area contributed by atoms with Crippen molar-refractivity contribution in [3.63, 3.8) is 0 Å². The molecule has 22 heavy (non-hydrogen) atoms. The number of nitrogens with two attached hydrogens (primary N) is 1. The Hall–Kier alpha value is -1.88. The van der Waals surface area contributed by atoms with Gasteiger partial charge in [0, 0.05) is 12.1 Å². The lowest BCUT2D eigenvalue weighted by Crippen LogP contribution is -2.04. The number of nitrogens with zero attached hydrogens (tertiary/aromatic N) is 1. The molecule has 0 aliphatic rings. The van der Waals surface area contributed by atoms with Crippen molar-refractivity contribution in [2.75, 3.05) is 11.1 Å². The Labute approximate surface area is 135 Å². The fraction of sp³-hybridized carbons (Fsp3) is 0.412. The average molecular weight is 317 g/mol. The van der Waals surface area contributed by atoms with Crippen molar-refractivity contribution in [2.24, 2.45) is 5.92 Å². The summed E-state index contributed by atoms with van der Waals surface area (Å²) in [5.74, 6) is 0.705. The van der Waals surface area contributed by atoms with Crippen LogP contribution in [0.4, 0.5) is 16.6 Å². The molecule has 2 rings (SSSR count). The molecule has 0 unspecified atom stereocenters. The first-order valence-electron chi connectivity index (χ1n) is 7.57. The zero-order valence-corrected chi connectivity index (χ0v) is 14.4. The fourth-order valence-corrected chi connectivity index (χ4v) is 3.20. The molecule has 0 spiro atoms. The second-order valence-corrected chi connectivity index (χ2v) is 6.84. The largest absolute Gasteiger partial charge is 0.382 e. The summed E-state index contributed by atoms with van der Waals surface area (Å²) in [4.78, 5) is 17.1. The number of para-hydroxylation sites is 1. The molecule has 0 aliphatic carbocycles. The molecule has 1 aromatic heterocycles. The first kappa shape index (κ1) is 16.5. The van der Waals surface area contributed by atoms with E-state index in [9.17, 15) is 4.79 Å². The van der Waals surface area contributed by atoms with E-state index in [2.05, 4.69) is 36.3 Å². The zero-order valence-electron chi connectivity index (χ0n) is 13.6. The molecule has 0 atom stereocenters. The van der Waals surface area contributed by atoms with Gasteiger partial charge in [-0.25, -0.2) is 4.98 Å². The van der Waals surface area contributed by atoms with E-state index in [1.165, 1.54) is 16.9 Å². The highest BCUT2D eigenvalue weighted by Crippen LogP contribution is 2.32. The normalized spacial score (nSPS) is 11.0. The molecule has 118 valence electrons. The number of thiazole rings is 1. The second-order valence-electron chi connectivity index (χ2n) is 5.84. The van der Waals surface area contributed by atoms with Crippen LogP contribution in [0.2, 0.25) is 0 Å². The fourth-order valence-electron chi connectivity index (χ4n) is 2.36. The number of anilines is 3. The lowest BCUT2D eigenvalue weighted by Gasteiger charge is -2.11. The number of nitrogens with one attached hydrogen (secondary N) is 1. The molecule has 1 heterocycles. The van der Waals surface area contributed by atoms with Crippen LogP contribution in [0.15, 0.2) is 18.2 Å². The molecule has 1 aromatic carbocycles. The summed E-state index contributed by atoms with van der Waals surface area (Å²) in [5.41, 5.74) is 9.36.